The van der Waals surface area contributed by atoms with Crippen LogP contribution in [-0.2, 0) is 4.79 Å². The van der Waals surface area contributed by atoms with Gasteiger partial charge in [0.15, 0.2) is 17.6 Å². The number of benzene rings is 2. The Morgan fingerprint density at radius 1 is 1.12 bits per heavy atom. The van der Waals surface area contributed by atoms with E-state index in [0.29, 0.717) is 29.4 Å². The summed E-state index contributed by atoms with van der Waals surface area (Å²) < 4.78 is 16.5. The molecule has 0 saturated heterocycles. The Morgan fingerprint density at radius 3 is 2.42 bits per heavy atom. The summed E-state index contributed by atoms with van der Waals surface area (Å²) in [6, 6.07) is 15.6. The first kappa shape index (κ1) is 17.4. The maximum Gasteiger partial charge on any atom is 0.352 e. The van der Waals surface area contributed by atoms with Crippen molar-refractivity contribution in [3.8, 4) is 23.3 Å². The smallest absolute Gasteiger partial charge is 0.352 e. The molecule has 0 radical (unpaired) electrons. The second kappa shape index (κ2) is 8.59. The van der Waals surface area contributed by atoms with E-state index in [9.17, 15) is 4.79 Å². The minimum atomic E-state index is -0.794. The van der Waals surface area contributed by atoms with Gasteiger partial charge in [-0.3, -0.25) is 0 Å². The van der Waals surface area contributed by atoms with Crippen molar-refractivity contribution in [2.75, 3.05) is 6.61 Å². The third kappa shape index (κ3) is 4.75. The van der Waals surface area contributed by atoms with Gasteiger partial charge in [-0.05, 0) is 49.7 Å². The summed E-state index contributed by atoms with van der Waals surface area (Å²) in [4.78, 5) is 12.2. The van der Waals surface area contributed by atoms with Gasteiger partial charge in [0.05, 0.1) is 18.2 Å². The average Bonchev–Trinajstić information content (AvgIpc) is 2.61. The SMILES string of the molecule is CCCOc1ccccc1OC(=O)C(C)Oc1ccc(C#N)cc1. The Balaban J connectivity index is 1.99. The van der Waals surface area contributed by atoms with Crippen LogP contribution in [0.4, 0.5) is 0 Å². The normalized spacial score (nSPS) is 11.2. The molecule has 2 rings (SSSR count). The standard InChI is InChI=1S/C19H19NO4/c1-3-12-22-17-6-4-5-7-18(17)24-19(21)14(2)23-16-10-8-15(13-20)9-11-16/h4-11,14H,3,12H2,1-2H3. The van der Waals surface area contributed by atoms with Crippen molar-refractivity contribution in [1.29, 1.82) is 5.26 Å². The molecule has 0 aliphatic carbocycles. The van der Waals surface area contributed by atoms with E-state index in [2.05, 4.69) is 0 Å². The molecule has 5 nitrogen and oxygen atoms in total. The van der Waals surface area contributed by atoms with Crippen molar-refractivity contribution in [2.24, 2.45) is 0 Å². The lowest BCUT2D eigenvalue weighted by Gasteiger charge is -2.15. The van der Waals surface area contributed by atoms with Gasteiger partial charge in [-0.2, -0.15) is 5.26 Å². The molecular formula is C19H19NO4. The van der Waals surface area contributed by atoms with Crippen LogP contribution >= 0.6 is 0 Å². The molecule has 2 aromatic carbocycles. The van der Waals surface area contributed by atoms with Crippen LogP contribution in [-0.4, -0.2) is 18.7 Å². The fraction of sp³-hybridized carbons (Fsp3) is 0.263. The van der Waals surface area contributed by atoms with Crippen LogP contribution in [0.15, 0.2) is 48.5 Å². The first-order valence-corrected chi connectivity index (χ1v) is 7.74. The maximum atomic E-state index is 12.2. The van der Waals surface area contributed by atoms with E-state index in [0.717, 1.165) is 6.42 Å². The third-order valence-electron chi connectivity index (χ3n) is 3.15. The van der Waals surface area contributed by atoms with Gasteiger partial charge in [-0.15, -0.1) is 0 Å². The summed E-state index contributed by atoms with van der Waals surface area (Å²) in [7, 11) is 0. The second-order valence-corrected chi connectivity index (χ2v) is 5.11. The lowest BCUT2D eigenvalue weighted by Crippen LogP contribution is -2.28. The molecule has 0 amide bonds. The summed E-state index contributed by atoms with van der Waals surface area (Å²) in [5.41, 5.74) is 0.527. The number of para-hydroxylation sites is 2. The van der Waals surface area contributed by atoms with Crippen LogP contribution in [0.1, 0.15) is 25.8 Å². The van der Waals surface area contributed by atoms with E-state index in [4.69, 9.17) is 19.5 Å². The zero-order valence-electron chi connectivity index (χ0n) is 13.7. The molecule has 0 heterocycles. The molecule has 0 N–H and O–H groups in total. The first-order valence-electron chi connectivity index (χ1n) is 7.74. The van der Waals surface area contributed by atoms with Crippen LogP contribution in [0.3, 0.4) is 0 Å². The van der Waals surface area contributed by atoms with Crippen LogP contribution < -0.4 is 14.2 Å². The zero-order valence-corrected chi connectivity index (χ0v) is 13.7. The van der Waals surface area contributed by atoms with Crippen molar-refractivity contribution in [3.63, 3.8) is 0 Å². The maximum absolute atomic E-state index is 12.2. The number of carbonyl (C=O) groups excluding carboxylic acids is 1. The fourth-order valence-electron chi connectivity index (χ4n) is 1.92. The van der Waals surface area contributed by atoms with Crippen LogP contribution in [0, 0.1) is 11.3 Å². The molecule has 0 aliphatic rings. The molecule has 0 aliphatic heterocycles. The molecule has 24 heavy (non-hydrogen) atoms. The highest BCUT2D eigenvalue weighted by atomic mass is 16.6. The Kier molecular flexibility index (Phi) is 6.21. The number of ether oxygens (including phenoxy) is 3. The Morgan fingerprint density at radius 2 is 1.79 bits per heavy atom. The number of nitrogens with zero attached hydrogens (tertiary/aromatic N) is 1. The molecule has 5 heteroatoms. The van der Waals surface area contributed by atoms with E-state index in [-0.39, 0.29) is 0 Å². The largest absolute Gasteiger partial charge is 0.490 e. The Labute approximate surface area is 141 Å². The molecule has 124 valence electrons. The van der Waals surface area contributed by atoms with Gasteiger partial charge in [-0.1, -0.05) is 19.1 Å². The summed E-state index contributed by atoms with van der Waals surface area (Å²) in [5, 5.41) is 8.77. The predicted octanol–water partition coefficient (Wildman–Crippen LogP) is 3.72. The zero-order chi connectivity index (χ0) is 17.4. The summed E-state index contributed by atoms with van der Waals surface area (Å²) >= 11 is 0. The van der Waals surface area contributed by atoms with E-state index in [1.807, 2.05) is 19.1 Å². The van der Waals surface area contributed by atoms with Crippen LogP contribution in [0.25, 0.3) is 0 Å². The van der Waals surface area contributed by atoms with Crippen LogP contribution in [0.2, 0.25) is 0 Å². The number of nitriles is 1. The molecular weight excluding hydrogens is 306 g/mol. The van der Waals surface area contributed by atoms with E-state index in [1.165, 1.54) is 0 Å². The molecule has 0 aromatic heterocycles. The third-order valence-corrected chi connectivity index (χ3v) is 3.15. The first-order chi connectivity index (χ1) is 11.6. The topological polar surface area (TPSA) is 68.6 Å². The summed E-state index contributed by atoms with van der Waals surface area (Å²) in [5.74, 6) is 0.866. The monoisotopic (exact) mass is 325 g/mol. The second-order valence-electron chi connectivity index (χ2n) is 5.11. The molecule has 0 saturated carbocycles. The van der Waals surface area contributed by atoms with Gasteiger partial charge in [-0.25, -0.2) is 4.79 Å². The van der Waals surface area contributed by atoms with Crippen LogP contribution in [0.5, 0.6) is 17.2 Å². The Bertz CT molecular complexity index is 719. The highest BCUT2D eigenvalue weighted by molar-refractivity contribution is 5.77. The number of esters is 1. The number of rotatable bonds is 7. The molecule has 2 aromatic rings. The van der Waals surface area contributed by atoms with E-state index >= 15 is 0 Å². The summed E-state index contributed by atoms with van der Waals surface area (Å²) in [6.07, 6.45) is 0.0673. The lowest BCUT2D eigenvalue weighted by atomic mass is 10.2. The molecule has 1 atom stereocenters. The highest BCUT2D eigenvalue weighted by Crippen LogP contribution is 2.27. The number of hydrogen-bond acceptors (Lipinski definition) is 5. The minimum Gasteiger partial charge on any atom is -0.490 e. The van der Waals surface area contributed by atoms with Crippen molar-refractivity contribution in [3.05, 3.63) is 54.1 Å². The van der Waals surface area contributed by atoms with Crippen molar-refractivity contribution in [2.45, 2.75) is 26.4 Å². The minimum absolute atomic E-state index is 0.367. The van der Waals surface area contributed by atoms with Gasteiger partial charge in [0.2, 0.25) is 0 Å². The van der Waals surface area contributed by atoms with Crippen molar-refractivity contribution < 1.29 is 19.0 Å². The number of carbonyl (C=O) groups is 1. The predicted molar refractivity (Wildman–Crippen MR) is 89.1 cm³/mol. The lowest BCUT2D eigenvalue weighted by molar-refractivity contribution is -0.141. The van der Waals surface area contributed by atoms with Gasteiger partial charge in [0, 0.05) is 0 Å². The van der Waals surface area contributed by atoms with E-state index < -0.39 is 12.1 Å². The van der Waals surface area contributed by atoms with Crippen molar-refractivity contribution >= 4 is 5.97 Å². The molecule has 0 spiro atoms. The quantitative estimate of drug-likeness (QED) is 0.573. The van der Waals surface area contributed by atoms with Gasteiger partial charge in [0.1, 0.15) is 5.75 Å². The fourth-order valence-corrected chi connectivity index (χ4v) is 1.92. The molecule has 0 bridgehead atoms. The molecule has 0 fully saturated rings. The average molecular weight is 325 g/mol. The van der Waals surface area contributed by atoms with Gasteiger partial charge in [0.25, 0.3) is 0 Å². The van der Waals surface area contributed by atoms with E-state index in [1.54, 1.807) is 49.4 Å². The van der Waals surface area contributed by atoms with Gasteiger partial charge >= 0.3 is 5.97 Å². The van der Waals surface area contributed by atoms with Crippen molar-refractivity contribution in [1.82, 2.24) is 0 Å². The van der Waals surface area contributed by atoms with Gasteiger partial charge < -0.3 is 14.2 Å². The molecule has 1 unspecified atom stereocenters. The highest BCUT2D eigenvalue weighted by Gasteiger charge is 2.19. The number of hydrogen-bond donors (Lipinski definition) is 0. The summed E-state index contributed by atoms with van der Waals surface area (Å²) in [6.45, 7) is 4.16. The Hall–Kier alpha value is -3.00.